The van der Waals surface area contributed by atoms with E-state index < -0.39 is 6.10 Å². The summed E-state index contributed by atoms with van der Waals surface area (Å²) in [6.07, 6.45) is 11.7. The van der Waals surface area contributed by atoms with Crippen LogP contribution in [-0.2, 0) is 4.74 Å². The van der Waals surface area contributed by atoms with E-state index in [-0.39, 0.29) is 6.10 Å². The standard InChI is InChI=1S/C21H24ClN3O2/c1-25-12-6-8-16(14-25)20-23-21(27-24-20)19(15-7-5-9-17(22)13-15)26-18-10-3-2-4-11-18/h5-9,12-13,18-19H,2-4,10-11,14H2,1H3. The van der Waals surface area contributed by atoms with E-state index in [0.717, 1.165) is 30.5 Å². The van der Waals surface area contributed by atoms with Crippen molar-refractivity contribution in [1.82, 2.24) is 15.0 Å². The van der Waals surface area contributed by atoms with Crippen LogP contribution in [-0.4, -0.2) is 34.7 Å². The molecular weight excluding hydrogens is 362 g/mol. The van der Waals surface area contributed by atoms with Crippen LogP contribution in [0.1, 0.15) is 55.5 Å². The van der Waals surface area contributed by atoms with Crippen molar-refractivity contribution in [1.29, 1.82) is 0 Å². The van der Waals surface area contributed by atoms with Gasteiger partial charge in [0.1, 0.15) is 0 Å². The maximum atomic E-state index is 6.44. The average Bonchev–Trinajstić information content (AvgIpc) is 3.17. The van der Waals surface area contributed by atoms with Crippen LogP contribution < -0.4 is 0 Å². The van der Waals surface area contributed by atoms with Gasteiger partial charge in [-0.2, -0.15) is 4.98 Å². The Morgan fingerprint density at radius 2 is 2.11 bits per heavy atom. The van der Waals surface area contributed by atoms with E-state index in [1.807, 2.05) is 49.7 Å². The molecule has 2 aliphatic rings. The molecule has 27 heavy (non-hydrogen) atoms. The summed E-state index contributed by atoms with van der Waals surface area (Å²) in [5, 5.41) is 4.88. The van der Waals surface area contributed by atoms with E-state index in [1.54, 1.807) is 0 Å². The number of benzene rings is 1. The third-order valence-corrected chi connectivity index (χ3v) is 5.28. The number of allylic oxidation sites excluding steroid dienone is 2. The zero-order valence-electron chi connectivity index (χ0n) is 15.5. The second-order valence-corrected chi connectivity index (χ2v) is 7.67. The SMILES string of the molecule is CN1C=CC=C(c2noc(C(OC3CCCCC3)c3cccc(Cl)c3)n2)C1. The Bertz CT molecular complexity index is 839. The van der Waals surface area contributed by atoms with Crippen LogP contribution in [0.4, 0.5) is 0 Å². The Balaban J connectivity index is 1.62. The van der Waals surface area contributed by atoms with Crippen molar-refractivity contribution in [3.8, 4) is 0 Å². The lowest BCUT2D eigenvalue weighted by molar-refractivity contribution is -0.0251. The fraction of sp³-hybridized carbons (Fsp3) is 0.429. The van der Waals surface area contributed by atoms with Crippen molar-refractivity contribution in [3.05, 3.63) is 64.9 Å². The van der Waals surface area contributed by atoms with E-state index in [9.17, 15) is 0 Å². The van der Waals surface area contributed by atoms with Gasteiger partial charge in [0.15, 0.2) is 11.9 Å². The maximum absolute atomic E-state index is 6.44. The monoisotopic (exact) mass is 385 g/mol. The first-order chi connectivity index (χ1) is 13.2. The van der Waals surface area contributed by atoms with Crippen molar-refractivity contribution in [2.45, 2.75) is 44.3 Å². The molecule has 2 heterocycles. The molecule has 5 nitrogen and oxygen atoms in total. The van der Waals surface area contributed by atoms with Gasteiger partial charge >= 0.3 is 0 Å². The minimum Gasteiger partial charge on any atom is -0.376 e. The second-order valence-electron chi connectivity index (χ2n) is 7.24. The number of aromatic nitrogens is 2. The Hall–Kier alpha value is -2.11. The topological polar surface area (TPSA) is 51.4 Å². The molecule has 0 N–H and O–H groups in total. The first kappa shape index (κ1) is 18.3. The highest BCUT2D eigenvalue weighted by atomic mass is 35.5. The van der Waals surface area contributed by atoms with Gasteiger partial charge in [0.25, 0.3) is 5.89 Å². The maximum Gasteiger partial charge on any atom is 0.260 e. The van der Waals surface area contributed by atoms with Crippen molar-refractivity contribution in [2.75, 3.05) is 13.6 Å². The van der Waals surface area contributed by atoms with Crippen LogP contribution >= 0.6 is 11.6 Å². The van der Waals surface area contributed by atoms with Gasteiger partial charge < -0.3 is 14.2 Å². The molecule has 142 valence electrons. The molecule has 1 aromatic heterocycles. The van der Waals surface area contributed by atoms with Gasteiger partial charge in [-0.3, -0.25) is 0 Å². The van der Waals surface area contributed by atoms with Crippen molar-refractivity contribution in [2.24, 2.45) is 0 Å². The molecule has 1 unspecified atom stereocenters. The fourth-order valence-electron chi connectivity index (χ4n) is 3.64. The highest BCUT2D eigenvalue weighted by molar-refractivity contribution is 6.30. The Labute approximate surface area is 164 Å². The lowest BCUT2D eigenvalue weighted by Crippen LogP contribution is -2.21. The van der Waals surface area contributed by atoms with E-state index in [2.05, 4.69) is 15.0 Å². The third kappa shape index (κ3) is 4.42. The zero-order valence-corrected chi connectivity index (χ0v) is 16.2. The molecule has 0 spiro atoms. The molecule has 0 amide bonds. The van der Waals surface area contributed by atoms with Crippen LogP contribution in [0.15, 0.2) is 47.1 Å². The molecule has 1 aliphatic heterocycles. The Morgan fingerprint density at radius 1 is 1.26 bits per heavy atom. The van der Waals surface area contributed by atoms with Crippen LogP contribution in [0.5, 0.6) is 0 Å². The van der Waals surface area contributed by atoms with Gasteiger partial charge in [-0.15, -0.1) is 0 Å². The van der Waals surface area contributed by atoms with Crippen molar-refractivity contribution < 1.29 is 9.26 Å². The Kier molecular flexibility index (Phi) is 5.60. The molecule has 1 aliphatic carbocycles. The number of rotatable bonds is 5. The van der Waals surface area contributed by atoms with Crippen LogP contribution in [0.25, 0.3) is 5.57 Å². The van der Waals surface area contributed by atoms with Gasteiger partial charge in [-0.25, -0.2) is 0 Å². The molecule has 0 radical (unpaired) electrons. The van der Waals surface area contributed by atoms with Gasteiger partial charge in [0.05, 0.1) is 6.10 Å². The summed E-state index contributed by atoms with van der Waals surface area (Å²) in [7, 11) is 2.02. The Morgan fingerprint density at radius 3 is 2.89 bits per heavy atom. The largest absolute Gasteiger partial charge is 0.376 e. The molecule has 6 heteroatoms. The quantitative estimate of drug-likeness (QED) is 0.724. The fourth-order valence-corrected chi connectivity index (χ4v) is 3.84. The van der Waals surface area contributed by atoms with E-state index in [4.69, 9.17) is 20.9 Å². The number of halogens is 1. The van der Waals surface area contributed by atoms with Crippen molar-refractivity contribution in [3.63, 3.8) is 0 Å². The van der Waals surface area contributed by atoms with E-state index in [1.165, 1.54) is 19.3 Å². The number of likely N-dealkylation sites (N-methyl/N-ethyl adjacent to an activating group) is 1. The lowest BCUT2D eigenvalue weighted by Gasteiger charge is -2.26. The average molecular weight is 386 g/mol. The first-order valence-electron chi connectivity index (χ1n) is 9.51. The summed E-state index contributed by atoms with van der Waals surface area (Å²) in [5.41, 5.74) is 1.97. The van der Waals surface area contributed by atoms with Crippen molar-refractivity contribution >= 4 is 17.2 Å². The minimum absolute atomic E-state index is 0.209. The number of hydrogen-bond acceptors (Lipinski definition) is 5. The third-order valence-electron chi connectivity index (χ3n) is 5.04. The second kappa shape index (κ2) is 8.28. The summed E-state index contributed by atoms with van der Waals surface area (Å²) in [5.74, 6) is 1.09. The summed E-state index contributed by atoms with van der Waals surface area (Å²) in [4.78, 5) is 6.75. The molecule has 0 bridgehead atoms. The molecule has 1 fully saturated rings. The molecule has 2 aromatic rings. The molecular formula is C21H24ClN3O2. The van der Waals surface area contributed by atoms with E-state index in [0.29, 0.717) is 16.7 Å². The highest BCUT2D eigenvalue weighted by Crippen LogP contribution is 2.32. The first-order valence-corrected chi connectivity index (χ1v) is 9.89. The predicted octanol–water partition coefficient (Wildman–Crippen LogP) is 5.00. The van der Waals surface area contributed by atoms with E-state index >= 15 is 0 Å². The van der Waals surface area contributed by atoms with Crippen LogP contribution in [0.2, 0.25) is 5.02 Å². The molecule has 0 saturated heterocycles. The molecule has 1 saturated carbocycles. The zero-order chi connectivity index (χ0) is 18.6. The number of hydrogen-bond donors (Lipinski definition) is 0. The highest BCUT2D eigenvalue weighted by Gasteiger charge is 2.27. The summed E-state index contributed by atoms with van der Waals surface area (Å²) >= 11 is 6.22. The summed E-state index contributed by atoms with van der Waals surface area (Å²) in [6.45, 7) is 0.751. The lowest BCUT2D eigenvalue weighted by atomic mass is 9.97. The summed E-state index contributed by atoms with van der Waals surface area (Å²) < 4.78 is 12.1. The van der Waals surface area contributed by atoms with Crippen LogP contribution in [0, 0.1) is 0 Å². The smallest absolute Gasteiger partial charge is 0.260 e. The molecule has 4 rings (SSSR count). The normalized spacial score (nSPS) is 19.2. The molecule has 1 atom stereocenters. The number of ether oxygens (including phenoxy) is 1. The van der Waals surface area contributed by atoms with Gasteiger partial charge in [0, 0.05) is 24.2 Å². The van der Waals surface area contributed by atoms with Gasteiger partial charge in [0.2, 0.25) is 0 Å². The number of nitrogens with zero attached hydrogens (tertiary/aromatic N) is 3. The van der Waals surface area contributed by atoms with Gasteiger partial charge in [-0.05, 0) is 42.8 Å². The summed E-state index contributed by atoms with van der Waals surface area (Å²) in [6, 6.07) is 7.70. The molecule has 1 aromatic carbocycles. The predicted molar refractivity (Wildman–Crippen MR) is 105 cm³/mol. The van der Waals surface area contributed by atoms with Crippen LogP contribution in [0.3, 0.4) is 0 Å². The van der Waals surface area contributed by atoms with Gasteiger partial charge in [-0.1, -0.05) is 54.2 Å². The minimum atomic E-state index is -0.398.